The lowest BCUT2D eigenvalue weighted by molar-refractivity contribution is 0.0507. The third kappa shape index (κ3) is 5.19. The molecular weight excluding hydrogens is 559 g/mol. The lowest BCUT2D eigenvalue weighted by atomic mass is 9.97. The Hall–Kier alpha value is -4.05. The number of carbonyl (C=O) groups is 2. The minimum Gasteiger partial charge on any atom is -0.478 e. The zero-order valence-corrected chi connectivity index (χ0v) is 25.5. The molecule has 3 aromatic heterocycles. The highest BCUT2D eigenvalue weighted by atomic mass is 35.5. The molecule has 11 heteroatoms. The molecule has 0 bridgehead atoms. The van der Waals surface area contributed by atoms with E-state index < -0.39 is 22.9 Å². The summed E-state index contributed by atoms with van der Waals surface area (Å²) in [5, 5.41) is 15.0. The number of hydrogen-bond donors (Lipinski definition) is 1. The van der Waals surface area contributed by atoms with Crippen molar-refractivity contribution < 1.29 is 19.1 Å². The van der Waals surface area contributed by atoms with Crippen LogP contribution in [0.5, 0.6) is 0 Å². The summed E-state index contributed by atoms with van der Waals surface area (Å²) in [6.45, 7) is 14.9. The quantitative estimate of drug-likeness (QED) is 0.305. The number of carboxylic acids is 1. The van der Waals surface area contributed by atoms with Crippen LogP contribution in [0.15, 0.2) is 36.4 Å². The number of hydrogen-bond acceptors (Lipinski definition) is 6. The predicted octanol–water partition coefficient (Wildman–Crippen LogP) is 6.10. The minimum absolute atomic E-state index is 0.0327. The van der Waals surface area contributed by atoms with E-state index in [1.54, 1.807) is 36.7 Å². The number of aromatic carboxylic acids is 1. The molecule has 0 radical (unpaired) electrons. The van der Waals surface area contributed by atoms with Gasteiger partial charge in [-0.3, -0.25) is 4.79 Å². The van der Waals surface area contributed by atoms with Gasteiger partial charge in [0.05, 0.1) is 27.4 Å². The van der Waals surface area contributed by atoms with Crippen molar-refractivity contribution in [1.29, 1.82) is 0 Å². The number of halogens is 2. The van der Waals surface area contributed by atoms with Gasteiger partial charge in [-0.2, -0.15) is 5.10 Å². The molecule has 1 aliphatic heterocycles. The molecule has 4 heterocycles. The van der Waals surface area contributed by atoms with Crippen molar-refractivity contribution in [2.24, 2.45) is 0 Å². The number of rotatable bonds is 4. The maximum absolute atomic E-state index is 14.3. The summed E-state index contributed by atoms with van der Waals surface area (Å²) in [6.07, 6.45) is 0. The molecule has 42 heavy (non-hydrogen) atoms. The van der Waals surface area contributed by atoms with Crippen LogP contribution in [0.4, 0.5) is 10.2 Å². The first-order chi connectivity index (χ1) is 19.6. The molecule has 5 rings (SSSR count). The Morgan fingerprint density at radius 1 is 1.05 bits per heavy atom. The van der Waals surface area contributed by atoms with Crippen LogP contribution < -0.4 is 4.90 Å². The number of anilines is 1. The number of fused-ring (bicyclic) bond motifs is 1. The van der Waals surface area contributed by atoms with E-state index >= 15 is 0 Å². The number of aryl methyl sites for hydroxylation is 2. The van der Waals surface area contributed by atoms with Gasteiger partial charge in [-0.15, -0.1) is 0 Å². The van der Waals surface area contributed by atoms with Gasteiger partial charge in [-0.05, 0) is 84.4 Å². The van der Waals surface area contributed by atoms with Gasteiger partial charge < -0.3 is 14.9 Å². The fourth-order valence-electron chi connectivity index (χ4n) is 5.60. The summed E-state index contributed by atoms with van der Waals surface area (Å²) in [6, 6.07) is 9.86. The molecule has 0 atom stereocenters. The van der Waals surface area contributed by atoms with Crippen LogP contribution in [0.25, 0.3) is 22.3 Å². The monoisotopic (exact) mass is 592 g/mol. The molecule has 1 N–H and O–H groups in total. The van der Waals surface area contributed by atoms with Crippen LogP contribution >= 0.6 is 11.6 Å². The summed E-state index contributed by atoms with van der Waals surface area (Å²) in [4.78, 5) is 38.8. The molecule has 0 aliphatic carbocycles. The summed E-state index contributed by atoms with van der Waals surface area (Å²) < 4.78 is 16.1. The Bertz CT molecular complexity index is 1720. The van der Waals surface area contributed by atoms with Gasteiger partial charge in [-0.1, -0.05) is 17.7 Å². The number of benzene rings is 1. The van der Waals surface area contributed by atoms with Crippen molar-refractivity contribution in [1.82, 2.24) is 24.6 Å². The minimum atomic E-state index is -0.996. The van der Waals surface area contributed by atoms with E-state index in [1.807, 2.05) is 45.6 Å². The third-order valence-corrected chi connectivity index (χ3v) is 7.95. The Morgan fingerprint density at radius 3 is 2.36 bits per heavy atom. The number of pyridine rings is 2. The predicted molar refractivity (Wildman–Crippen MR) is 161 cm³/mol. The third-order valence-electron chi connectivity index (χ3n) is 7.65. The Kier molecular flexibility index (Phi) is 7.25. The Balaban J connectivity index is 1.47. The largest absolute Gasteiger partial charge is 0.478 e. The lowest BCUT2D eigenvalue weighted by Gasteiger charge is -2.47. The van der Waals surface area contributed by atoms with E-state index in [0.29, 0.717) is 64.7 Å². The van der Waals surface area contributed by atoms with E-state index in [-0.39, 0.29) is 16.5 Å². The zero-order valence-electron chi connectivity index (χ0n) is 24.8. The van der Waals surface area contributed by atoms with Gasteiger partial charge in [0, 0.05) is 30.6 Å². The molecule has 220 valence electrons. The average Bonchev–Trinajstić information content (AvgIpc) is 3.28. The van der Waals surface area contributed by atoms with Crippen molar-refractivity contribution in [2.45, 2.75) is 59.5 Å². The molecule has 4 aromatic rings. The molecule has 1 saturated heterocycles. The van der Waals surface area contributed by atoms with Crippen molar-refractivity contribution in [3.63, 3.8) is 0 Å². The van der Waals surface area contributed by atoms with Crippen LogP contribution in [0.2, 0.25) is 5.02 Å². The first-order valence-electron chi connectivity index (χ1n) is 13.7. The SMILES string of the molecule is Cc1cc(N2CCN(C(=O)c3ccc4c(-c5ccc(Cl)c(F)c5)nn(C(C)(C)C)c4n3)C(C)(C)C2)nc(C)c1C(=O)O. The van der Waals surface area contributed by atoms with Crippen molar-refractivity contribution in [3.05, 3.63) is 69.8 Å². The van der Waals surface area contributed by atoms with Gasteiger partial charge in [0.2, 0.25) is 0 Å². The molecule has 0 saturated carbocycles. The smallest absolute Gasteiger partial charge is 0.337 e. The van der Waals surface area contributed by atoms with Gasteiger partial charge >= 0.3 is 5.97 Å². The molecule has 9 nitrogen and oxygen atoms in total. The van der Waals surface area contributed by atoms with E-state index in [4.69, 9.17) is 21.7 Å². The van der Waals surface area contributed by atoms with Gasteiger partial charge in [0.25, 0.3) is 5.91 Å². The normalized spacial score (nSPS) is 15.4. The van der Waals surface area contributed by atoms with Gasteiger partial charge in [0.15, 0.2) is 5.65 Å². The van der Waals surface area contributed by atoms with Crippen LogP contribution in [-0.2, 0) is 5.54 Å². The molecule has 0 unspecified atom stereocenters. The van der Waals surface area contributed by atoms with Gasteiger partial charge in [-0.25, -0.2) is 23.8 Å². The summed E-state index contributed by atoms with van der Waals surface area (Å²) >= 11 is 5.91. The van der Waals surface area contributed by atoms with E-state index in [2.05, 4.69) is 9.88 Å². The second kappa shape index (κ2) is 10.3. The molecular formula is C31H34ClFN6O3. The van der Waals surface area contributed by atoms with E-state index in [0.717, 1.165) is 0 Å². The summed E-state index contributed by atoms with van der Waals surface area (Å²) in [5.41, 5.74) is 2.24. The maximum Gasteiger partial charge on any atom is 0.337 e. The number of piperazine rings is 1. The lowest BCUT2D eigenvalue weighted by Crippen LogP contribution is -2.61. The maximum atomic E-state index is 14.3. The second-order valence-electron chi connectivity index (χ2n) is 12.4. The highest BCUT2D eigenvalue weighted by molar-refractivity contribution is 6.30. The highest BCUT2D eigenvalue weighted by Crippen LogP contribution is 2.33. The highest BCUT2D eigenvalue weighted by Gasteiger charge is 2.38. The first kappa shape index (κ1) is 29.4. The van der Waals surface area contributed by atoms with E-state index in [1.165, 1.54) is 12.1 Å². The van der Waals surface area contributed by atoms with Crippen LogP contribution in [-0.4, -0.2) is 66.8 Å². The average molecular weight is 593 g/mol. The van der Waals surface area contributed by atoms with Gasteiger partial charge in [0.1, 0.15) is 23.0 Å². The number of nitrogens with zero attached hydrogens (tertiary/aromatic N) is 6. The van der Waals surface area contributed by atoms with Crippen LogP contribution in [0.3, 0.4) is 0 Å². The summed E-state index contributed by atoms with van der Waals surface area (Å²) in [5.74, 6) is -1.05. The van der Waals surface area contributed by atoms with Crippen molar-refractivity contribution >= 4 is 40.3 Å². The van der Waals surface area contributed by atoms with Crippen LogP contribution in [0, 0.1) is 19.7 Å². The second-order valence-corrected chi connectivity index (χ2v) is 12.8. The topological polar surface area (TPSA) is 104 Å². The molecule has 1 fully saturated rings. The zero-order chi connectivity index (χ0) is 30.7. The molecule has 1 amide bonds. The molecule has 1 aliphatic rings. The Morgan fingerprint density at radius 2 is 1.76 bits per heavy atom. The first-order valence-corrected chi connectivity index (χ1v) is 14.1. The van der Waals surface area contributed by atoms with Crippen LogP contribution in [0.1, 0.15) is 66.7 Å². The Labute approximate surface area is 248 Å². The van der Waals surface area contributed by atoms with Crippen molar-refractivity contribution in [2.75, 3.05) is 24.5 Å². The number of amides is 1. The van der Waals surface area contributed by atoms with E-state index in [9.17, 15) is 19.1 Å². The molecule has 1 aromatic carbocycles. The fourth-order valence-corrected chi connectivity index (χ4v) is 5.72. The molecule has 0 spiro atoms. The number of carbonyl (C=O) groups excluding carboxylic acids is 1. The summed E-state index contributed by atoms with van der Waals surface area (Å²) in [7, 11) is 0. The fraction of sp³-hybridized carbons (Fsp3) is 0.387. The number of aromatic nitrogens is 4. The standard InChI is InChI=1S/C31H34ClFN6O3/c1-17-14-24(34-18(2)25(17)29(41)42)37-12-13-38(31(6,7)16-37)28(40)23-11-9-20-26(19-8-10-21(32)22(33)15-19)36-39(27(20)35-23)30(3,4)5/h8-11,14-15H,12-13,16H2,1-7H3,(H,41,42). The number of carboxylic acid groups (broad SMARTS) is 1. The van der Waals surface area contributed by atoms with Crippen molar-refractivity contribution in [3.8, 4) is 11.3 Å².